The van der Waals surface area contributed by atoms with Gasteiger partial charge >= 0.3 is 0 Å². The maximum absolute atomic E-state index is 12.9. The fraction of sp³-hybridized carbons (Fsp3) is 0.333. The van der Waals surface area contributed by atoms with Crippen molar-refractivity contribution in [2.45, 2.75) is 6.92 Å². The number of benzene rings is 1. The first-order valence-electron chi connectivity index (χ1n) is 3.74. The van der Waals surface area contributed by atoms with Crippen LogP contribution >= 0.6 is 0 Å². The van der Waals surface area contributed by atoms with E-state index in [1.807, 2.05) is 6.92 Å². The monoisotopic (exact) mass is 170 g/mol. The summed E-state index contributed by atoms with van der Waals surface area (Å²) in [5.41, 5.74) is 0.935. The Hall–Kier alpha value is -1.09. The average Bonchev–Trinajstić information content (AvgIpc) is 2.07. The van der Waals surface area contributed by atoms with E-state index in [-0.39, 0.29) is 19.0 Å². The highest BCUT2D eigenvalue weighted by Crippen LogP contribution is 2.17. The summed E-state index contributed by atoms with van der Waals surface area (Å²) >= 11 is 0. The van der Waals surface area contributed by atoms with Gasteiger partial charge in [0.15, 0.2) is 11.6 Å². The fourth-order valence-corrected chi connectivity index (χ4v) is 0.877. The van der Waals surface area contributed by atoms with E-state index in [0.29, 0.717) is 0 Å². The summed E-state index contributed by atoms with van der Waals surface area (Å²) in [4.78, 5) is 0. The van der Waals surface area contributed by atoms with Gasteiger partial charge in [-0.25, -0.2) is 4.39 Å². The second kappa shape index (κ2) is 4.07. The Morgan fingerprint density at radius 1 is 1.50 bits per heavy atom. The molecule has 0 aliphatic carbocycles. The lowest BCUT2D eigenvalue weighted by Gasteiger charge is -2.05. The minimum absolute atomic E-state index is 0.104. The molecule has 0 unspecified atom stereocenters. The number of halogens is 1. The molecule has 1 rings (SSSR count). The van der Waals surface area contributed by atoms with Crippen molar-refractivity contribution < 1.29 is 14.2 Å². The van der Waals surface area contributed by atoms with Crippen LogP contribution in [0.3, 0.4) is 0 Å². The van der Waals surface area contributed by atoms with Gasteiger partial charge in [-0.05, 0) is 24.6 Å². The fourth-order valence-electron chi connectivity index (χ4n) is 0.877. The SMILES string of the molecule is Cc1ccc(F)c(OCCO)c1. The van der Waals surface area contributed by atoms with Gasteiger partial charge in [0.2, 0.25) is 0 Å². The number of hydrogen-bond acceptors (Lipinski definition) is 2. The molecule has 1 aromatic rings. The van der Waals surface area contributed by atoms with Crippen LogP contribution in [0.1, 0.15) is 5.56 Å². The van der Waals surface area contributed by atoms with Gasteiger partial charge in [-0.3, -0.25) is 0 Å². The average molecular weight is 170 g/mol. The number of ether oxygens (including phenoxy) is 1. The van der Waals surface area contributed by atoms with Crippen LogP contribution in [0.25, 0.3) is 0 Å². The Morgan fingerprint density at radius 2 is 2.25 bits per heavy atom. The third kappa shape index (κ3) is 2.20. The number of rotatable bonds is 3. The third-order valence-electron chi connectivity index (χ3n) is 1.44. The lowest BCUT2D eigenvalue weighted by molar-refractivity contribution is 0.196. The molecule has 66 valence electrons. The van der Waals surface area contributed by atoms with Gasteiger partial charge in [-0.1, -0.05) is 6.07 Å². The predicted octanol–water partition coefficient (Wildman–Crippen LogP) is 1.51. The zero-order chi connectivity index (χ0) is 8.97. The Balaban J connectivity index is 2.75. The van der Waals surface area contributed by atoms with Crippen molar-refractivity contribution in [1.29, 1.82) is 0 Å². The van der Waals surface area contributed by atoms with Crippen molar-refractivity contribution in [2.75, 3.05) is 13.2 Å². The molecule has 0 aliphatic heterocycles. The van der Waals surface area contributed by atoms with Crippen LogP contribution in [0.2, 0.25) is 0 Å². The Labute approximate surface area is 70.6 Å². The zero-order valence-corrected chi connectivity index (χ0v) is 6.88. The molecule has 0 radical (unpaired) electrons. The molecule has 3 heteroatoms. The van der Waals surface area contributed by atoms with Crippen LogP contribution in [-0.4, -0.2) is 18.3 Å². The van der Waals surface area contributed by atoms with Gasteiger partial charge in [0.05, 0.1) is 6.61 Å². The summed E-state index contributed by atoms with van der Waals surface area (Å²) in [5, 5.41) is 8.44. The molecule has 2 nitrogen and oxygen atoms in total. The molecule has 0 aliphatic rings. The molecule has 1 N–H and O–H groups in total. The molecule has 0 fully saturated rings. The summed E-state index contributed by atoms with van der Waals surface area (Å²) in [6.07, 6.45) is 0. The first-order valence-corrected chi connectivity index (χ1v) is 3.74. The van der Waals surface area contributed by atoms with Crippen molar-refractivity contribution in [3.63, 3.8) is 0 Å². The van der Waals surface area contributed by atoms with Gasteiger partial charge in [-0.15, -0.1) is 0 Å². The van der Waals surface area contributed by atoms with Crippen molar-refractivity contribution in [1.82, 2.24) is 0 Å². The van der Waals surface area contributed by atoms with Crippen LogP contribution in [0, 0.1) is 12.7 Å². The molecule has 0 aromatic heterocycles. The molecule has 1 aromatic carbocycles. The van der Waals surface area contributed by atoms with Crippen molar-refractivity contribution >= 4 is 0 Å². The first kappa shape index (κ1) is 9.00. The quantitative estimate of drug-likeness (QED) is 0.745. The molecule has 0 atom stereocenters. The lowest BCUT2D eigenvalue weighted by atomic mass is 10.2. The topological polar surface area (TPSA) is 29.5 Å². The normalized spacial score (nSPS) is 9.92. The smallest absolute Gasteiger partial charge is 0.165 e. The summed E-state index contributed by atoms with van der Waals surface area (Å²) in [5.74, 6) is -0.196. The van der Waals surface area contributed by atoms with E-state index in [1.54, 1.807) is 12.1 Å². The maximum Gasteiger partial charge on any atom is 0.165 e. The highest BCUT2D eigenvalue weighted by molar-refractivity contribution is 5.29. The van der Waals surface area contributed by atoms with E-state index >= 15 is 0 Å². The van der Waals surface area contributed by atoms with E-state index < -0.39 is 5.82 Å². The number of aliphatic hydroxyl groups is 1. The second-order valence-electron chi connectivity index (χ2n) is 2.51. The Kier molecular flexibility index (Phi) is 3.05. The summed E-state index contributed by atoms with van der Waals surface area (Å²) in [6.45, 7) is 1.87. The van der Waals surface area contributed by atoms with Crippen molar-refractivity contribution in [3.8, 4) is 5.75 Å². The summed E-state index contributed by atoms with van der Waals surface area (Å²) in [7, 11) is 0. The molecule has 0 saturated heterocycles. The number of aryl methyl sites for hydroxylation is 1. The molecular weight excluding hydrogens is 159 g/mol. The van der Waals surface area contributed by atoms with Gasteiger partial charge in [-0.2, -0.15) is 0 Å². The highest BCUT2D eigenvalue weighted by atomic mass is 19.1. The predicted molar refractivity (Wildman–Crippen MR) is 43.7 cm³/mol. The highest BCUT2D eigenvalue weighted by Gasteiger charge is 2.01. The first-order chi connectivity index (χ1) is 5.74. The van der Waals surface area contributed by atoms with Crippen molar-refractivity contribution in [2.24, 2.45) is 0 Å². The van der Waals surface area contributed by atoms with E-state index in [2.05, 4.69) is 0 Å². The number of hydrogen-bond donors (Lipinski definition) is 1. The molecule has 0 spiro atoms. The van der Waals surface area contributed by atoms with Crippen LogP contribution in [0.4, 0.5) is 4.39 Å². The van der Waals surface area contributed by atoms with Gasteiger partial charge in [0.1, 0.15) is 6.61 Å². The third-order valence-corrected chi connectivity index (χ3v) is 1.44. The van der Waals surface area contributed by atoms with Gasteiger partial charge < -0.3 is 9.84 Å². The van der Waals surface area contributed by atoms with Crippen LogP contribution in [0.15, 0.2) is 18.2 Å². The Morgan fingerprint density at radius 3 is 2.92 bits per heavy atom. The molecule has 0 saturated carbocycles. The lowest BCUT2D eigenvalue weighted by Crippen LogP contribution is -2.03. The van der Waals surface area contributed by atoms with E-state index in [0.717, 1.165) is 5.56 Å². The summed E-state index contributed by atoms with van der Waals surface area (Å²) in [6, 6.07) is 4.62. The molecular formula is C9H11FO2. The zero-order valence-electron chi connectivity index (χ0n) is 6.88. The molecule has 12 heavy (non-hydrogen) atoms. The molecule has 0 amide bonds. The Bertz CT molecular complexity index is 261. The maximum atomic E-state index is 12.9. The van der Waals surface area contributed by atoms with Gasteiger partial charge in [0, 0.05) is 0 Å². The van der Waals surface area contributed by atoms with E-state index in [1.165, 1.54) is 6.07 Å². The van der Waals surface area contributed by atoms with Crippen LogP contribution in [0.5, 0.6) is 5.75 Å². The van der Waals surface area contributed by atoms with Gasteiger partial charge in [0.25, 0.3) is 0 Å². The minimum Gasteiger partial charge on any atom is -0.488 e. The largest absolute Gasteiger partial charge is 0.488 e. The standard InChI is InChI=1S/C9H11FO2/c1-7-2-3-8(10)9(6-7)12-5-4-11/h2-3,6,11H,4-5H2,1H3. The summed E-state index contributed by atoms with van der Waals surface area (Å²) < 4.78 is 17.8. The van der Waals surface area contributed by atoms with E-state index in [4.69, 9.17) is 9.84 Å². The number of aliphatic hydroxyl groups excluding tert-OH is 1. The molecule has 0 bridgehead atoms. The second-order valence-corrected chi connectivity index (χ2v) is 2.51. The van der Waals surface area contributed by atoms with Crippen LogP contribution < -0.4 is 4.74 Å². The molecule has 0 heterocycles. The van der Waals surface area contributed by atoms with Crippen LogP contribution in [-0.2, 0) is 0 Å². The minimum atomic E-state index is -0.394. The van der Waals surface area contributed by atoms with E-state index in [9.17, 15) is 4.39 Å². The van der Waals surface area contributed by atoms with Crippen molar-refractivity contribution in [3.05, 3.63) is 29.6 Å².